The van der Waals surface area contributed by atoms with Crippen molar-refractivity contribution in [2.24, 2.45) is 0 Å². The molecule has 0 aliphatic carbocycles. The summed E-state index contributed by atoms with van der Waals surface area (Å²) in [5.74, 6) is -1.70. The molecule has 0 radical (unpaired) electrons. The second-order valence-corrected chi connectivity index (χ2v) is 4.02. The van der Waals surface area contributed by atoms with Gasteiger partial charge >= 0.3 is 18.0 Å². The van der Waals surface area contributed by atoms with Gasteiger partial charge < -0.3 is 20.1 Å². The summed E-state index contributed by atoms with van der Waals surface area (Å²) in [5, 5.41) is 11.1. The molecule has 0 aliphatic heterocycles. The summed E-state index contributed by atoms with van der Waals surface area (Å²) in [4.78, 5) is 34.5. The first-order valence-electron chi connectivity index (χ1n) is 5.13. The average molecular weight is 246 g/mol. The van der Waals surface area contributed by atoms with Crippen LogP contribution in [0.3, 0.4) is 0 Å². The Balaban J connectivity index is 4.33. The van der Waals surface area contributed by atoms with Crippen LogP contribution in [0.2, 0.25) is 0 Å². The summed E-state index contributed by atoms with van der Waals surface area (Å²) < 4.78 is 4.66. The number of likely N-dealkylation sites (N-methyl/N-ethyl adjacent to an activating group) is 1. The maximum absolute atomic E-state index is 11.5. The maximum Gasteiger partial charge on any atom is 0.328 e. The van der Waals surface area contributed by atoms with Crippen molar-refractivity contribution in [3.8, 4) is 0 Å². The Labute approximate surface area is 99.7 Å². The smallest absolute Gasteiger partial charge is 0.328 e. The highest BCUT2D eigenvalue weighted by atomic mass is 16.5. The number of esters is 1. The first-order chi connectivity index (χ1) is 7.70. The summed E-state index contributed by atoms with van der Waals surface area (Å²) in [6.45, 7) is 4.37. The fourth-order valence-corrected chi connectivity index (χ4v) is 0.888. The SMILES string of the molecule is CCOC(=O)CN(C)C(=O)NC(C)(C)C(=O)O. The highest BCUT2D eigenvalue weighted by Gasteiger charge is 2.30. The number of hydrogen-bond donors (Lipinski definition) is 2. The molecular formula is C10H18N2O5. The normalized spacial score (nSPS) is 10.6. The third-order valence-electron chi connectivity index (χ3n) is 1.97. The fourth-order valence-electron chi connectivity index (χ4n) is 0.888. The predicted octanol–water partition coefficient (Wildman–Crippen LogP) is 0.0541. The van der Waals surface area contributed by atoms with Gasteiger partial charge in [-0.3, -0.25) is 4.79 Å². The molecule has 98 valence electrons. The van der Waals surface area contributed by atoms with Crippen LogP contribution in [0.5, 0.6) is 0 Å². The number of rotatable bonds is 5. The Hall–Kier alpha value is -1.79. The first kappa shape index (κ1) is 15.2. The third kappa shape index (κ3) is 5.19. The van der Waals surface area contributed by atoms with Crippen molar-refractivity contribution in [2.45, 2.75) is 26.3 Å². The molecule has 2 amide bonds. The van der Waals surface area contributed by atoms with E-state index in [4.69, 9.17) is 5.11 Å². The van der Waals surface area contributed by atoms with Crippen molar-refractivity contribution < 1.29 is 24.2 Å². The van der Waals surface area contributed by atoms with Crippen molar-refractivity contribution in [3.63, 3.8) is 0 Å². The molecule has 7 heteroatoms. The van der Waals surface area contributed by atoms with Gasteiger partial charge in [-0.1, -0.05) is 0 Å². The Morgan fingerprint density at radius 1 is 1.35 bits per heavy atom. The molecule has 7 nitrogen and oxygen atoms in total. The molecule has 0 unspecified atom stereocenters. The van der Waals surface area contributed by atoms with Gasteiger partial charge in [0.15, 0.2) is 0 Å². The van der Waals surface area contributed by atoms with E-state index in [2.05, 4.69) is 10.1 Å². The van der Waals surface area contributed by atoms with Gasteiger partial charge in [0, 0.05) is 7.05 Å². The zero-order valence-electron chi connectivity index (χ0n) is 10.4. The van der Waals surface area contributed by atoms with Crippen LogP contribution in [-0.2, 0) is 14.3 Å². The molecule has 2 N–H and O–H groups in total. The van der Waals surface area contributed by atoms with Gasteiger partial charge in [-0.25, -0.2) is 9.59 Å². The minimum Gasteiger partial charge on any atom is -0.480 e. The van der Waals surface area contributed by atoms with E-state index >= 15 is 0 Å². The first-order valence-corrected chi connectivity index (χ1v) is 5.13. The highest BCUT2D eigenvalue weighted by Crippen LogP contribution is 2.02. The Kier molecular flexibility index (Phi) is 5.43. The van der Waals surface area contributed by atoms with Gasteiger partial charge in [-0.15, -0.1) is 0 Å². The van der Waals surface area contributed by atoms with Crippen LogP contribution in [0.15, 0.2) is 0 Å². The average Bonchev–Trinajstić information content (AvgIpc) is 2.16. The molecular weight excluding hydrogens is 228 g/mol. The second-order valence-electron chi connectivity index (χ2n) is 4.02. The number of nitrogens with zero attached hydrogens (tertiary/aromatic N) is 1. The number of amides is 2. The number of hydrogen-bond acceptors (Lipinski definition) is 4. The van der Waals surface area contributed by atoms with Crippen LogP contribution in [0.4, 0.5) is 4.79 Å². The van der Waals surface area contributed by atoms with Gasteiger partial charge in [0.1, 0.15) is 12.1 Å². The number of ether oxygens (including phenoxy) is 1. The monoisotopic (exact) mass is 246 g/mol. The third-order valence-corrected chi connectivity index (χ3v) is 1.97. The summed E-state index contributed by atoms with van der Waals surface area (Å²) in [5.41, 5.74) is -1.39. The van der Waals surface area contributed by atoms with E-state index in [1.54, 1.807) is 6.92 Å². The summed E-state index contributed by atoms with van der Waals surface area (Å²) in [6, 6.07) is -0.648. The zero-order chi connectivity index (χ0) is 13.6. The van der Waals surface area contributed by atoms with Crippen LogP contribution in [0, 0.1) is 0 Å². The summed E-state index contributed by atoms with van der Waals surface area (Å²) in [6.07, 6.45) is 0. The lowest BCUT2D eigenvalue weighted by atomic mass is 10.1. The topological polar surface area (TPSA) is 95.9 Å². The van der Waals surface area contributed by atoms with Crippen LogP contribution in [0.25, 0.3) is 0 Å². The Morgan fingerprint density at radius 2 is 1.88 bits per heavy atom. The lowest BCUT2D eigenvalue weighted by Gasteiger charge is -2.25. The largest absolute Gasteiger partial charge is 0.480 e. The Morgan fingerprint density at radius 3 is 2.29 bits per heavy atom. The number of carbonyl (C=O) groups excluding carboxylic acids is 2. The molecule has 0 aromatic heterocycles. The number of nitrogens with one attached hydrogen (secondary N) is 1. The molecule has 0 aromatic carbocycles. The molecule has 0 atom stereocenters. The van der Waals surface area contributed by atoms with Crippen molar-refractivity contribution >= 4 is 18.0 Å². The van der Waals surface area contributed by atoms with Crippen molar-refractivity contribution in [1.29, 1.82) is 0 Å². The van der Waals surface area contributed by atoms with Crippen LogP contribution >= 0.6 is 0 Å². The standard InChI is InChI=1S/C10H18N2O5/c1-5-17-7(13)6-12(4)9(16)11-10(2,3)8(14)15/h5-6H2,1-4H3,(H,11,16)(H,14,15). The number of aliphatic carboxylic acids is 1. The number of carboxylic acids is 1. The molecule has 0 aliphatic rings. The van der Waals surface area contributed by atoms with Gasteiger partial charge in [0.05, 0.1) is 6.61 Å². The van der Waals surface area contributed by atoms with Crippen molar-refractivity contribution in [2.75, 3.05) is 20.2 Å². The summed E-state index contributed by atoms with van der Waals surface area (Å²) >= 11 is 0. The molecule has 17 heavy (non-hydrogen) atoms. The van der Waals surface area contributed by atoms with Crippen LogP contribution in [0.1, 0.15) is 20.8 Å². The Bertz CT molecular complexity index is 314. The van der Waals surface area contributed by atoms with E-state index in [0.717, 1.165) is 4.90 Å². The van der Waals surface area contributed by atoms with Crippen LogP contribution in [-0.4, -0.2) is 53.7 Å². The molecule has 0 spiro atoms. The lowest BCUT2D eigenvalue weighted by Crippen LogP contribution is -2.54. The predicted molar refractivity (Wildman–Crippen MR) is 59.5 cm³/mol. The fraction of sp³-hybridized carbons (Fsp3) is 0.700. The van der Waals surface area contributed by atoms with Gasteiger partial charge in [0.25, 0.3) is 0 Å². The highest BCUT2D eigenvalue weighted by molar-refractivity contribution is 5.87. The molecule has 0 rings (SSSR count). The van der Waals surface area contributed by atoms with Gasteiger partial charge in [-0.05, 0) is 20.8 Å². The van der Waals surface area contributed by atoms with Crippen molar-refractivity contribution in [3.05, 3.63) is 0 Å². The summed E-state index contributed by atoms with van der Waals surface area (Å²) in [7, 11) is 1.38. The second kappa shape index (κ2) is 6.07. The number of urea groups is 1. The van der Waals surface area contributed by atoms with E-state index < -0.39 is 23.5 Å². The molecule has 0 saturated heterocycles. The molecule has 0 fully saturated rings. The van der Waals surface area contributed by atoms with Gasteiger partial charge in [-0.2, -0.15) is 0 Å². The quantitative estimate of drug-likeness (QED) is 0.668. The van der Waals surface area contributed by atoms with E-state index in [1.165, 1.54) is 20.9 Å². The lowest BCUT2D eigenvalue weighted by molar-refractivity contribution is -0.143. The molecule has 0 saturated carbocycles. The minimum atomic E-state index is -1.39. The maximum atomic E-state index is 11.5. The van der Waals surface area contributed by atoms with Gasteiger partial charge in [0.2, 0.25) is 0 Å². The number of carboxylic acid groups (broad SMARTS) is 1. The number of carbonyl (C=O) groups is 3. The zero-order valence-corrected chi connectivity index (χ0v) is 10.4. The molecule has 0 heterocycles. The van der Waals surface area contributed by atoms with Crippen LogP contribution < -0.4 is 5.32 Å². The van der Waals surface area contributed by atoms with E-state index in [9.17, 15) is 14.4 Å². The minimum absolute atomic E-state index is 0.227. The molecule has 0 aromatic rings. The van der Waals surface area contributed by atoms with E-state index in [-0.39, 0.29) is 13.2 Å². The van der Waals surface area contributed by atoms with E-state index in [0.29, 0.717) is 0 Å². The van der Waals surface area contributed by atoms with Crippen molar-refractivity contribution in [1.82, 2.24) is 10.2 Å². The molecule has 0 bridgehead atoms. The van der Waals surface area contributed by atoms with E-state index in [1.807, 2.05) is 0 Å².